The molecule has 0 aliphatic rings. The second-order valence-electron chi connectivity index (χ2n) is 4.63. The van der Waals surface area contributed by atoms with Crippen LogP contribution in [0, 0.1) is 0 Å². The fraction of sp³-hybridized carbons (Fsp3) is 0.533. The molecular formula is C15H24N2O2S. The van der Waals surface area contributed by atoms with Crippen LogP contribution in [0.25, 0.3) is 0 Å². The van der Waals surface area contributed by atoms with Crippen molar-refractivity contribution in [1.29, 1.82) is 0 Å². The normalized spacial score (nSPS) is 11.9. The summed E-state index contributed by atoms with van der Waals surface area (Å²) in [6.45, 7) is 4.54. The fourth-order valence-electron chi connectivity index (χ4n) is 1.69. The predicted octanol–water partition coefficient (Wildman–Crippen LogP) is 2.69. The van der Waals surface area contributed by atoms with Crippen LogP contribution < -0.4 is 15.8 Å². The Hall–Kier alpha value is -1.36. The first-order valence-corrected chi connectivity index (χ1v) is 8.12. The molecule has 1 unspecified atom stereocenters. The number of rotatable bonds is 9. The third-order valence-corrected chi connectivity index (χ3v) is 3.70. The Balaban J connectivity index is 2.16. The molecule has 0 aliphatic heterocycles. The van der Waals surface area contributed by atoms with Crippen molar-refractivity contribution in [2.75, 3.05) is 23.8 Å². The van der Waals surface area contributed by atoms with E-state index < -0.39 is 0 Å². The lowest BCUT2D eigenvalue weighted by atomic mass is 10.2. The summed E-state index contributed by atoms with van der Waals surface area (Å²) in [6.07, 6.45) is 1.36. The van der Waals surface area contributed by atoms with E-state index in [1.54, 1.807) is 12.1 Å². The van der Waals surface area contributed by atoms with Gasteiger partial charge in [-0.1, -0.05) is 13.0 Å². The number of nitrogen functional groups attached to an aromatic ring is 1. The molecule has 1 rings (SSSR count). The smallest absolute Gasteiger partial charge is 0.223 e. The van der Waals surface area contributed by atoms with Crippen molar-refractivity contribution in [2.45, 2.75) is 32.7 Å². The number of ether oxygens (including phenoxy) is 1. The van der Waals surface area contributed by atoms with Gasteiger partial charge in [-0.05, 0) is 37.0 Å². The molecule has 0 saturated carbocycles. The van der Waals surface area contributed by atoms with Gasteiger partial charge >= 0.3 is 0 Å². The fourth-order valence-corrected chi connectivity index (χ4v) is 2.50. The molecular weight excluding hydrogens is 272 g/mol. The van der Waals surface area contributed by atoms with E-state index in [1.807, 2.05) is 30.8 Å². The van der Waals surface area contributed by atoms with E-state index in [2.05, 4.69) is 12.2 Å². The topological polar surface area (TPSA) is 64.3 Å². The Labute approximate surface area is 125 Å². The lowest BCUT2D eigenvalue weighted by Crippen LogP contribution is -2.33. The highest BCUT2D eigenvalue weighted by Gasteiger charge is 2.07. The quantitative estimate of drug-likeness (QED) is 0.543. The molecule has 1 aromatic carbocycles. The molecule has 1 aromatic rings. The van der Waals surface area contributed by atoms with Crippen LogP contribution in [0.1, 0.15) is 26.7 Å². The van der Waals surface area contributed by atoms with Gasteiger partial charge in [0.25, 0.3) is 0 Å². The number of nitrogens with two attached hydrogens (primary N) is 1. The van der Waals surface area contributed by atoms with Crippen LogP contribution in [0.5, 0.6) is 5.75 Å². The monoisotopic (exact) mass is 296 g/mol. The number of thioether (sulfide) groups is 1. The largest absolute Gasteiger partial charge is 0.493 e. The number of amides is 1. The molecule has 0 aliphatic carbocycles. The molecule has 1 amide bonds. The molecule has 3 N–H and O–H groups in total. The lowest BCUT2D eigenvalue weighted by Gasteiger charge is -2.13. The van der Waals surface area contributed by atoms with Crippen LogP contribution >= 0.6 is 11.8 Å². The zero-order valence-corrected chi connectivity index (χ0v) is 13.0. The molecule has 4 nitrogen and oxygen atoms in total. The zero-order valence-electron chi connectivity index (χ0n) is 12.2. The van der Waals surface area contributed by atoms with Crippen molar-refractivity contribution in [1.82, 2.24) is 5.32 Å². The molecule has 20 heavy (non-hydrogen) atoms. The van der Waals surface area contributed by atoms with Crippen LogP contribution in [0.15, 0.2) is 24.3 Å². The number of anilines is 1. The highest BCUT2D eigenvalue weighted by molar-refractivity contribution is 7.99. The summed E-state index contributed by atoms with van der Waals surface area (Å²) in [7, 11) is 0. The highest BCUT2D eigenvalue weighted by Crippen LogP contribution is 2.14. The highest BCUT2D eigenvalue weighted by atomic mass is 32.2. The average molecular weight is 296 g/mol. The van der Waals surface area contributed by atoms with Gasteiger partial charge in [-0.2, -0.15) is 11.8 Å². The van der Waals surface area contributed by atoms with Gasteiger partial charge in [0.15, 0.2) is 0 Å². The Kier molecular flexibility index (Phi) is 7.95. The summed E-state index contributed by atoms with van der Waals surface area (Å²) in [5, 5.41) is 2.98. The number of hydrogen-bond acceptors (Lipinski definition) is 4. The Morgan fingerprint density at radius 2 is 2.30 bits per heavy atom. The maximum absolute atomic E-state index is 11.7. The number of hydrogen-bond donors (Lipinski definition) is 2. The van der Waals surface area contributed by atoms with Crippen molar-refractivity contribution in [2.24, 2.45) is 0 Å². The molecule has 0 saturated heterocycles. The van der Waals surface area contributed by atoms with Crippen LogP contribution in [-0.4, -0.2) is 30.1 Å². The van der Waals surface area contributed by atoms with Crippen LogP contribution in [-0.2, 0) is 4.79 Å². The molecule has 0 bridgehead atoms. The number of carbonyl (C=O) groups excluding carboxylic acids is 1. The minimum Gasteiger partial charge on any atom is -0.493 e. The Morgan fingerprint density at radius 1 is 1.50 bits per heavy atom. The van der Waals surface area contributed by atoms with Gasteiger partial charge in [0.1, 0.15) is 5.75 Å². The van der Waals surface area contributed by atoms with Gasteiger partial charge in [-0.15, -0.1) is 0 Å². The Morgan fingerprint density at radius 3 is 3.00 bits per heavy atom. The van der Waals surface area contributed by atoms with Crippen molar-refractivity contribution < 1.29 is 9.53 Å². The van der Waals surface area contributed by atoms with E-state index in [1.165, 1.54) is 0 Å². The summed E-state index contributed by atoms with van der Waals surface area (Å²) in [5.74, 6) is 2.93. The van der Waals surface area contributed by atoms with Crippen LogP contribution in [0.3, 0.4) is 0 Å². The first-order valence-electron chi connectivity index (χ1n) is 6.97. The third-order valence-electron chi connectivity index (χ3n) is 2.76. The molecule has 0 heterocycles. The van der Waals surface area contributed by atoms with E-state index in [4.69, 9.17) is 10.5 Å². The minimum atomic E-state index is 0.0305. The van der Waals surface area contributed by atoms with Gasteiger partial charge in [0.05, 0.1) is 13.0 Å². The predicted molar refractivity (Wildman–Crippen MR) is 86.2 cm³/mol. The van der Waals surface area contributed by atoms with E-state index in [0.29, 0.717) is 24.5 Å². The van der Waals surface area contributed by atoms with Crippen LogP contribution in [0.2, 0.25) is 0 Å². The lowest BCUT2D eigenvalue weighted by molar-refractivity contribution is -0.122. The zero-order chi connectivity index (χ0) is 14.8. The van der Waals surface area contributed by atoms with Gasteiger partial charge in [0.2, 0.25) is 5.91 Å². The van der Waals surface area contributed by atoms with Gasteiger partial charge < -0.3 is 15.8 Å². The van der Waals surface area contributed by atoms with Crippen molar-refractivity contribution in [3.8, 4) is 5.75 Å². The molecule has 0 fully saturated rings. The maximum Gasteiger partial charge on any atom is 0.223 e. The summed E-state index contributed by atoms with van der Waals surface area (Å²) in [4.78, 5) is 11.7. The molecule has 5 heteroatoms. The number of carbonyl (C=O) groups is 1. The molecule has 112 valence electrons. The second-order valence-corrected chi connectivity index (χ2v) is 6.02. The standard InChI is InChI=1S/C15H24N2O2S/c1-3-20-10-8-12(2)17-15(18)7-9-19-14-6-4-5-13(16)11-14/h4-6,11-12H,3,7-10,16H2,1-2H3,(H,17,18). The maximum atomic E-state index is 11.7. The van der Waals surface area contributed by atoms with E-state index in [9.17, 15) is 4.79 Å². The summed E-state index contributed by atoms with van der Waals surface area (Å²) >= 11 is 1.89. The van der Waals surface area contributed by atoms with Crippen LogP contribution in [0.4, 0.5) is 5.69 Å². The summed E-state index contributed by atoms with van der Waals surface area (Å²) in [5.41, 5.74) is 6.31. The second kappa shape index (κ2) is 9.53. The number of benzene rings is 1. The summed E-state index contributed by atoms with van der Waals surface area (Å²) < 4.78 is 5.49. The van der Waals surface area contributed by atoms with E-state index >= 15 is 0 Å². The van der Waals surface area contributed by atoms with E-state index in [-0.39, 0.29) is 11.9 Å². The molecule has 0 radical (unpaired) electrons. The minimum absolute atomic E-state index is 0.0305. The third kappa shape index (κ3) is 7.28. The molecule has 1 atom stereocenters. The van der Waals surface area contributed by atoms with Gasteiger partial charge in [-0.3, -0.25) is 4.79 Å². The van der Waals surface area contributed by atoms with Crippen molar-refractivity contribution in [3.05, 3.63) is 24.3 Å². The molecule has 0 spiro atoms. The van der Waals surface area contributed by atoms with Crippen molar-refractivity contribution in [3.63, 3.8) is 0 Å². The first-order chi connectivity index (χ1) is 9.61. The SMILES string of the molecule is CCSCCC(C)NC(=O)CCOc1cccc(N)c1. The van der Waals surface area contributed by atoms with Crippen molar-refractivity contribution >= 4 is 23.4 Å². The van der Waals surface area contributed by atoms with Gasteiger partial charge in [0, 0.05) is 17.8 Å². The average Bonchev–Trinajstić information content (AvgIpc) is 2.39. The summed E-state index contributed by atoms with van der Waals surface area (Å²) in [6, 6.07) is 7.43. The number of nitrogens with one attached hydrogen (secondary N) is 1. The van der Waals surface area contributed by atoms with Gasteiger partial charge in [-0.25, -0.2) is 0 Å². The Bertz CT molecular complexity index is 413. The van der Waals surface area contributed by atoms with E-state index in [0.717, 1.165) is 17.9 Å². The molecule has 0 aromatic heterocycles. The first kappa shape index (κ1) is 16.7.